The minimum atomic E-state index is 0.314. The lowest BCUT2D eigenvalue weighted by molar-refractivity contribution is 0.187. The number of aliphatic hydroxyl groups excluding tert-OH is 1. The van der Waals surface area contributed by atoms with Crippen molar-refractivity contribution in [2.75, 3.05) is 26.2 Å². The number of rotatable bonds is 33. The molecule has 0 fully saturated rings. The summed E-state index contributed by atoms with van der Waals surface area (Å²) in [6.45, 7) is 10.5. The highest BCUT2D eigenvalue weighted by atomic mass is 16.3. The molecule has 230 valence electrons. The smallest absolute Gasteiger partial charge is 0.0558 e. The predicted molar refractivity (Wildman–Crippen MR) is 173 cm³/mol. The fourth-order valence-corrected chi connectivity index (χ4v) is 6.12. The van der Waals surface area contributed by atoms with Crippen molar-refractivity contribution in [3.8, 4) is 0 Å². The molecular formula is C36H75NO. The molecule has 0 aromatic carbocycles. The third kappa shape index (κ3) is 28.9. The van der Waals surface area contributed by atoms with Gasteiger partial charge < -0.3 is 10.0 Å². The molecule has 0 saturated heterocycles. The Labute approximate surface area is 242 Å². The standard InChI is InChI=1S/C36H75NO/c1-4-7-10-13-15-17-19-21-23-25-29-36(30-26-24-22-20-18-16-14-11-8-5-2)31-28-33-37(34-35-38)32-27-12-9-6-3/h36,38H,4-35H2,1-3H3. The van der Waals surface area contributed by atoms with E-state index in [-0.39, 0.29) is 0 Å². The van der Waals surface area contributed by atoms with Crippen molar-refractivity contribution in [1.29, 1.82) is 0 Å². The number of hydrogen-bond donors (Lipinski definition) is 1. The second-order valence-electron chi connectivity index (χ2n) is 12.6. The summed E-state index contributed by atoms with van der Waals surface area (Å²) >= 11 is 0. The Morgan fingerprint density at radius 1 is 0.368 bits per heavy atom. The highest BCUT2D eigenvalue weighted by Crippen LogP contribution is 2.24. The third-order valence-corrected chi connectivity index (χ3v) is 8.76. The van der Waals surface area contributed by atoms with Gasteiger partial charge in [-0.15, -0.1) is 0 Å². The van der Waals surface area contributed by atoms with E-state index >= 15 is 0 Å². The minimum absolute atomic E-state index is 0.314. The molecule has 0 atom stereocenters. The molecule has 0 aromatic rings. The first-order chi connectivity index (χ1) is 18.8. The lowest BCUT2D eigenvalue weighted by Gasteiger charge is -2.23. The molecule has 1 N–H and O–H groups in total. The molecule has 0 aliphatic heterocycles. The van der Waals surface area contributed by atoms with E-state index in [1.807, 2.05) is 0 Å². The number of nitrogens with zero attached hydrogens (tertiary/aromatic N) is 1. The number of aliphatic hydroxyl groups is 1. The largest absolute Gasteiger partial charge is 0.395 e. The van der Waals surface area contributed by atoms with Gasteiger partial charge >= 0.3 is 0 Å². The monoisotopic (exact) mass is 538 g/mol. The molecule has 0 aromatic heterocycles. The highest BCUT2D eigenvalue weighted by Gasteiger charge is 2.11. The van der Waals surface area contributed by atoms with E-state index in [1.165, 1.54) is 193 Å². The van der Waals surface area contributed by atoms with Gasteiger partial charge in [0, 0.05) is 6.54 Å². The third-order valence-electron chi connectivity index (χ3n) is 8.76. The molecule has 2 nitrogen and oxygen atoms in total. The van der Waals surface area contributed by atoms with Crippen LogP contribution in [0.3, 0.4) is 0 Å². The Hall–Kier alpha value is -0.0800. The Balaban J connectivity index is 4.17. The maximum atomic E-state index is 9.52. The van der Waals surface area contributed by atoms with Crippen LogP contribution < -0.4 is 0 Å². The summed E-state index contributed by atoms with van der Waals surface area (Å²) in [6.07, 6.45) is 39.9. The van der Waals surface area contributed by atoms with Crippen LogP contribution in [-0.2, 0) is 0 Å². The molecule has 0 aliphatic rings. The van der Waals surface area contributed by atoms with Crippen LogP contribution in [-0.4, -0.2) is 36.2 Å². The molecule has 0 heterocycles. The van der Waals surface area contributed by atoms with Gasteiger partial charge in [-0.3, -0.25) is 0 Å². The zero-order valence-electron chi connectivity index (χ0n) is 27.1. The molecule has 0 spiro atoms. The Kier molecular flexibility index (Phi) is 33.1. The van der Waals surface area contributed by atoms with Gasteiger partial charge in [0.05, 0.1) is 6.61 Å². The van der Waals surface area contributed by atoms with E-state index < -0.39 is 0 Å². The molecule has 0 aliphatic carbocycles. The van der Waals surface area contributed by atoms with Crippen molar-refractivity contribution in [3.63, 3.8) is 0 Å². The van der Waals surface area contributed by atoms with E-state index in [4.69, 9.17) is 0 Å². The summed E-state index contributed by atoms with van der Waals surface area (Å²) in [5.41, 5.74) is 0. The predicted octanol–water partition coefficient (Wildman–Crippen LogP) is 11.9. The summed E-state index contributed by atoms with van der Waals surface area (Å²) in [5.74, 6) is 0.939. The van der Waals surface area contributed by atoms with Gasteiger partial charge in [0.15, 0.2) is 0 Å². The van der Waals surface area contributed by atoms with Gasteiger partial charge in [0.25, 0.3) is 0 Å². The van der Waals surface area contributed by atoms with Crippen molar-refractivity contribution in [1.82, 2.24) is 4.90 Å². The molecule has 38 heavy (non-hydrogen) atoms. The lowest BCUT2D eigenvalue weighted by Crippen LogP contribution is -2.29. The average Bonchev–Trinajstić information content (AvgIpc) is 2.92. The van der Waals surface area contributed by atoms with Crippen LogP contribution in [0, 0.1) is 5.92 Å². The minimum Gasteiger partial charge on any atom is -0.395 e. The maximum Gasteiger partial charge on any atom is 0.0558 e. The van der Waals surface area contributed by atoms with E-state index in [1.54, 1.807) is 0 Å². The first-order valence-electron chi connectivity index (χ1n) is 18.1. The van der Waals surface area contributed by atoms with E-state index in [9.17, 15) is 5.11 Å². The topological polar surface area (TPSA) is 23.5 Å². The molecular weight excluding hydrogens is 462 g/mol. The molecule has 0 unspecified atom stereocenters. The summed E-state index contributed by atoms with van der Waals surface area (Å²) in [7, 11) is 0. The first kappa shape index (κ1) is 37.9. The second-order valence-corrected chi connectivity index (χ2v) is 12.6. The Bertz CT molecular complexity index is 388. The molecule has 0 bridgehead atoms. The Morgan fingerprint density at radius 2 is 0.684 bits per heavy atom. The van der Waals surface area contributed by atoms with Crippen LogP contribution in [0.1, 0.15) is 201 Å². The average molecular weight is 538 g/mol. The van der Waals surface area contributed by atoms with Gasteiger partial charge in [-0.25, -0.2) is 0 Å². The summed E-state index contributed by atoms with van der Waals surface area (Å²) in [4.78, 5) is 2.54. The second kappa shape index (κ2) is 33.1. The van der Waals surface area contributed by atoms with Gasteiger partial charge in [0.2, 0.25) is 0 Å². The SMILES string of the molecule is CCCCCCCCCCCCC(CCCCCCCCCCCC)CCCN(CCO)CCCCCC. The quantitative estimate of drug-likeness (QED) is 0.0841. The zero-order valence-corrected chi connectivity index (χ0v) is 27.1. The summed E-state index contributed by atoms with van der Waals surface area (Å²) in [6, 6.07) is 0. The molecule has 2 heteroatoms. The normalized spacial score (nSPS) is 11.8. The van der Waals surface area contributed by atoms with Crippen LogP contribution in [0.4, 0.5) is 0 Å². The number of hydrogen-bond acceptors (Lipinski definition) is 2. The summed E-state index contributed by atoms with van der Waals surface area (Å²) in [5, 5.41) is 9.52. The van der Waals surface area contributed by atoms with Crippen LogP contribution >= 0.6 is 0 Å². The highest BCUT2D eigenvalue weighted by molar-refractivity contribution is 4.65. The van der Waals surface area contributed by atoms with E-state index in [0.29, 0.717) is 6.61 Å². The van der Waals surface area contributed by atoms with Crippen LogP contribution in [0.5, 0.6) is 0 Å². The molecule has 0 radical (unpaired) electrons. The van der Waals surface area contributed by atoms with Crippen molar-refractivity contribution in [2.24, 2.45) is 5.92 Å². The van der Waals surface area contributed by atoms with E-state index in [2.05, 4.69) is 25.7 Å². The number of unbranched alkanes of at least 4 members (excludes halogenated alkanes) is 21. The van der Waals surface area contributed by atoms with Crippen molar-refractivity contribution < 1.29 is 5.11 Å². The lowest BCUT2D eigenvalue weighted by atomic mass is 9.90. The van der Waals surface area contributed by atoms with Gasteiger partial charge in [0.1, 0.15) is 0 Å². The first-order valence-corrected chi connectivity index (χ1v) is 18.1. The van der Waals surface area contributed by atoms with Gasteiger partial charge in [-0.05, 0) is 38.3 Å². The zero-order chi connectivity index (χ0) is 27.8. The van der Waals surface area contributed by atoms with Crippen LogP contribution in [0.15, 0.2) is 0 Å². The Morgan fingerprint density at radius 3 is 1.08 bits per heavy atom. The fraction of sp³-hybridized carbons (Fsp3) is 1.00. The van der Waals surface area contributed by atoms with E-state index in [0.717, 1.165) is 12.5 Å². The van der Waals surface area contributed by atoms with Crippen molar-refractivity contribution >= 4 is 0 Å². The van der Waals surface area contributed by atoms with Crippen molar-refractivity contribution in [3.05, 3.63) is 0 Å². The van der Waals surface area contributed by atoms with Crippen molar-refractivity contribution in [2.45, 2.75) is 201 Å². The van der Waals surface area contributed by atoms with Crippen LogP contribution in [0.2, 0.25) is 0 Å². The molecule has 0 saturated carbocycles. The maximum absolute atomic E-state index is 9.52. The molecule has 0 amide bonds. The van der Waals surface area contributed by atoms with Gasteiger partial charge in [-0.1, -0.05) is 181 Å². The fourth-order valence-electron chi connectivity index (χ4n) is 6.12. The molecule has 0 rings (SSSR count). The summed E-state index contributed by atoms with van der Waals surface area (Å²) < 4.78 is 0. The van der Waals surface area contributed by atoms with Crippen LogP contribution in [0.25, 0.3) is 0 Å². The van der Waals surface area contributed by atoms with Gasteiger partial charge in [-0.2, -0.15) is 0 Å².